The summed E-state index contributed by atoms with van der Waals surface area (Å²) in [5, 5.41) is 20.7. The van der Waals surface area contributed by atoms with E-state index >= 15 is 0 Å². The summed E-state index contributed by atoms with van der Waals surface area (Å²) >= 11 is 0. The third-order valence-electron chi connectivity index (χ3n) is 9.31. The number of carbonyl (C=O) groups is 6. The van der Waals surface area contributed by atoms with Gasteiger partial charge in [0.05, 0.1) is 124 Å². The van der Waals surface area contributed by atoms with Crippen molar-refractivity contribution in [3.05, 3.63) is 0 Å². The molecule has 0 aromatic carbocycles. The molecule has 24 heteroatoms. The lowest BCUT2D eigenvalue weighted by atomic mass is 10.1. The number of ether oxygens (including phenoxy) is 8. The lowest BCUT2D eigenvalue weighted by molar-refractivity contribution is -0.126. The van der Waals surface area contributed by atoms with E-state index in [4.69, 9.17) is 54.2 Å². The van der Waals surface area contributed by atoms with Crippen LogP contribution in [0.5, 0.6) is 0 Å². The van der Waals surface area contributed by atoms with Gasteiger partial charge in [0, 0.05) is 45.4 Å². The summed E-state index contributed by atoms with van der Waals surface area (Å²) in [5.41, 5.74) is 11.1. The first kappa shape index (κ1) is 62.9. The Balaban J connectivity index is 3.48. The van der Waals surface area contributed by atoms with Crippen LogP contribution in [-0.4, -0.2) is 206 Å². The van der Waals surface area contributed by atoms with E-state index in [0.717, 1.165) is 25.7 Å². The second-order valence-electron chi connectivity index (χ2n) is 14.9. The number of rotatable bonds is 50. The molecule has 0 bridgehead atoms. The number of oxime groups is 1. The van der Waals surface area contributed by atoms with Gasteiger partial charge in [-0.05, 0) is 66.0 Å². The molecule has 6 amide bonds. The van der Waals surface area contributed by atoms with Gasteiger partial charge in [-0.25, -0.2) is 0 Å². The van der Waals surface area contributed by atoms with Gasteiger partial charge in [0.2, 0.25) is 29.5 Å². The molecule has 24 nitrogen and oxygen atoms in total. The highest BCUT2D eigenvalue weighted by Crippen LogP contribution is 2.01. The van der Waals surface area contributed by atoms with E-state index in [1.807, 2.05) is 0 Å². The van der Waals surface area contributed by atoms with Crippen molar-refractivity contribution in [3.63, 3.8) is 0 Å². The van der Waals surface area contributed by atoms with Crippen molar-refractivity contribution >= 4 is 41.2 Å². The minimum atomic E-state index is -0.379. The van der Waals surface area contributed by atoms with Crippen LogP contribution in [0.1, 0.15) is 71.1 Å². The van der Waals surface area contributed by atoms with E-state index in [0.29, 0.717) is 157 Å². The topological polar surface area (TPSA) is 322 Å². The number of unbranched alkanes of at least 4 members (excludes halogenated alkanes) is 2. The van der Waals surface area contributed by atoms with E-state index < -0.39 is 0 Å². The Bertz CT molecular complexity index is 1320. The molecule has 0 heterocycles. The maximum Gasteiger partial charge on any atom is 0.260 e. The van der Waals surface area contributed by atoms with Gasteiger partial charge < -0.3 is 86.1 Å². The van der Waals surface area contributed by atoms with Crippen molar-refractivity contribution in [3.8, 4) is 0 Å². The quantitative estimate of drug-likeness (QED) is 0.0186. The second-order valence-corrected chi connectivity index (χ2v) is 14.9. The summed E-state index contributed by atoms with van der Waals surface area (Å²) < 4.78 is 43.6. The summed E-state index contributed by atoms with van der Waals surface area (Å²) in [7, 11) is 3.38. The fraction of sp³-hybridized carbons (Fsp3) is 0.837. The van der Waals surface area contributed by atoms with Crippen LogP contribution in [0.3, 0.4) is 0 Å². The number of hydrogen-bond donors (Lipinski definition) is 8. The number of likely N-dealkylation sites (N-methyl/N-ethyl adjacent to an activating group) is 2. The molecule has 10 N–H and O–H groups in total. The summed E-state index contributed by atoms with van der Waals surface area (Å²) in [4.78, 5) is 75.3. The molecule has 0 spiro atoms. The molecule has 0 rings (SSSR count). The smallest absolute Gasteiger partial charge is 0.260 e. The van der Waals surface area contributed by atoms with Gasteiger partial charge in [-0.2, -0.15) is 0 Å². The van der Waals surface area contributed by atoms with Crippen LogP contribution >= 0.6 is 0 Å². The fourth-order valence-electron chi connectivity index (χ4n) is 5.50. The predicted molar refractivity (Wildman–Crippen MR) is 248 cm³/mol. The molecule has 0 aromatic rings. The highest BCUT2D eigenvalue weighted by Gasteiger charge is 2.13. The van der Waals surface area contributed by atoms with Gasteiger partial charge in [-0.3, -0.25) is 28.8 Å². The molecule has 390 valence electrons. The summed E-state index contributed by atoms with van der Waals surface area (Å²) in [6, 6.07) is -0.697. The molecule has 0 aromatic heterocycles. The Kier molecular flexibility index (Phi) is 44.1. The Hall–Kier alpha value is -4.11. The van der Waals surface area contributed by atoms with E-state index in [2.05, 4.69) is 37.1 Å². The van der Waals surface area contributed by atoms with Crippen LogP contribution in [0, 0.1) is 0 Å². The van der Waals surface area contributed by atoms with Crippen molar-refractivity contribution in [2.24, 2.45) is 16.6 Å². The average Bonchev–Trinajstić information content (AvgIpc) is 3.30. The molecule has 0 unspecified atom stereocenters. The van der Waals surface area contributed by atoms with Crippen LogP contribution in [0.15, 0.2) is 5.16 Å². The van der Waals surface area contributed by atoms with Crippen LogP contribution in [0.4, 0.5) is 0 Å². The number of amides is 6. The number of nitrogens with two attached hydrogens (primary N) is 2. The van der Waals surface area contributed by atoms with Crippen LogP contribution in [-0.2, 0) is 71.5 Å². The van der Waals surface area contributed by atoms with E-state index in [-0.39, 0.29) is 73.4 Å². The molecule has 0 radical (unpaired) electrons. The minimum absolute atomic E-state index is 0.0890. The van der Waals surface area contributed by atoms with E-state index in [9.17, 15) is 28.8 Å². The van der Waals surface area contributed by atoms with Crippen molar-refractivity contribution in [2.75, 3.05) is 153 Å². The highest BCUT2D eigenvalue weighted by molar-refractivity contribution is 5.86. The molecule has 0 saturated carbocycles. The van der Waals surface area contributed by atoms with Gasteiger partial charge in [0.15, 0.2) is 6.61 Å². The average molecular weight is 966 g/mol. The maximum atomic E-state index is 12.1. The zero-order chi connectivity index (χ0) is 49.4. The molecule has 67 heavy (non-hydrogen) atoms. The van der Waals surface area contributed by atoms with Crippen molar-refractivity contribution in [1.29, 1.82) is 0 Å². The number of nitrogens with zero attached hydrogens (tertiary/aromatic N) is 1. The van der Waals surface area contributed by atoms with Gasteiger partial charge in [-0.1, -0.05) is 5.16 Å². The highest BCUT2D eigenvalue weighted by atomic mass is 16.6. The Morgan fingerprint density at radius 2 is 0.746 bits per heavy atom. The Labute approximate surface area is 396 Å². The summed E-state index contributed by atoms with van der Waals surface area (Å²) in [5.74, 6) is -1.45. The normalized spacial score (nSPS) is 12.3. The molecule has 0 aliphatic heterocycles. The zero-order valence-corrected chi connectivity index (χ0v) is 40.3. The third-order valence-corrected chi connectivity index (χ3v) is 9.31. The predicted octanol–water partition coefficient (Wildman–Crippen LogP) is -1.98. The number of hydrogen-bond acceptors (Lipinski definition) is 18. The number of primary amides is 2. The van der Waals surface area contributed by atoms with Crippen molar-refractivity contribution in [2.45, 2.75) is 83.2 Å². The minimum Gasteiger partial charge on any atom is -0.386 e. The number of carbonyl (C=O) groups excluding carboxylic acids is 6. The lowest BCUT2D eigenvalue weighted by Crippen LogP contribution is -2.39. The molecular weight excluding hydrogens is 883 g/mol. The zero-order valence-electron chi connectivity index (χ0n) is 40.3. The molecule has 0 saturated heterocycles. The first-order valence-electron chi connectivity index (χ1n) is 23.3. The van der Waals surface area contributed by atoms with Crippen LogP contribution < -0.4 is 43.4 Å². The van der Waals surface area contributed by atoms with Gasteiger partial charge >= 0.3 is 0 Å². The molecule has 0 fully saturated rings. The molecule has 0 aliphatic rings. The Morgan fingerprint density at radius 3 is 1.12 bits per heavy atom. The van der Waals surface area contributed by atoms with Crippen LogP contribution in [0.2, 0.25) is 0 Å². The lowest BCUT2D eigenvalue weighted by Gasteiger charge is -2.11. The largest absolute Gasteiger partial charge is 0.386 e. The van der Waals surface area contributed by atoms with Gasteiger partial charge in [0.25, 0.3) is 5.91 Å². The maximum absolute atomic E-state index is 12.1. The summed E-state index contributed by atoms with van der Waals surface area (Å²) in [6.45, 7) is 8.96. The van der Waals surface area contributed by atoms with Crippen molar-refractivity contribution in [1.82, 2.24) is 31.9 Å². The fourth-order valence-corrected chi connectivity index (χ4v) is 5.50. The first-order chi connectivity index (χ1) is 32.5. The molecule has 0 aliphatic carbocycles. The van der Waals surface area contributed by atoms with Gasteiger partial charge in [0.1, 0.15) is 0 Å². The standard InChI is InChI=1S/C43H83N9O15/c1-35(10-11-38(53)50-16-20-61-24-28-65-32-30-63-26-22-59-18-12-39(54)48-14-6-4-8-36(46-2)42(44)57)52-67-34-41(56)51-17-21-62-25-29-66-33-31-64-27-23-60-19-13-40(55)49-15-7-5-9-37(47-3)43(45)58/h36-37,46-47H,4-34H2,1-3H3,(H2,44,57)(H2,45,58)(H,48,54)(H,49,55)(H,50,53)(H,51,56)/b52-35+/t36-,37-/m0/s1. The summed E-state index contributed by atoms with van der Waals surface area (Å²) in [6.07, 6.45) is 5.44. The van der Waals surface area contributed by atoms with E-state index in [1.54, 1.807) is 21.0 Å². The molecular formula is C43H83N9O15. The van der Waals surface area contributed by atoms with Gasteiger partial charge in [-0.15, -0.1) is 0 Å². The second kappa shape index (κ2) is 47.0. The van der Waals surface area contributed by atoms with Crippen molar-refractivity contribution < 1.29 is 71.5 Å². The number of nitrogens with one attached hydrogen (secondary N) is 6. The Morgan fingerprint density at radius 1 is 0.418 bits per heavy atom. The SMILES string of the molecule is CN[C@@H](CCCCNC(=O)CCOCCOCCOCCOCCNC(=O)CC/C(C)=N/OCC(=O)NCCOCCOCCOCCOCCC(=O)NCCCC[C@H](NC)C(N)=O)C(N)=O. The van der Waals surface area contributed by atoms with Crippen LogP contribution in [0.25, 0.3) is 0 Å². The third kappa shape index (κ3) is 44.2. The molecule has 2 atom stereocenters. The van der Waals surface area contributed by atoms with E-state index in [1.165, 1.54) is 0 Å². The first-order valence-corrected chi connectivity index (χ1v) is 23.3. The monoisotopic (exact) mass is 966 g/mol.